The van der Waals surface area contributed by atoms with Crippen molar-refractivity contribution in [2.24, 2.45) is 0 Å². The highest BCUT2D eigenvalue weighted by Crippen LogP contribution is 2.34. The Balaban J connectivity index is 1.58. The number of hydrogen-bond donors (Lipinski definition) is 1. The lowest BCUT2D eigenvalue weighted by Gasteiger charge is -2.33. The Morgan fingerprint density at radius 2 is 1.81 bits per heavy atom. The van der Waals surface area contributed by atoms with Gasteiger partial charge in [-0.2, -0.15) is 13.2 Å². The van der Waals surface area contributed by atoms with E-state index in [1.807, 2.05) is 24.1 Å². The molecule has 0 saturated carbocycles. The van der Waals surface area contributed by atoms with Crippen molar-refractivity contribution in [3.63, 3.8) is 0 Å². The largest absolute Gasteiger partial charge is 0.416 e. The average molecular weight is 428 g/mol. The summed E-state index contributed by atoms with van der Waals surface area (Å²) in [5.41, 5.74) is -0.254. The molecule has 31 heavy (non-hydrogen) atoms. The molecule has 3 aromatic rings. The van der Waals surface area contributed by atoms with Crippen molar-refractivity contribution in [1.82, 2.24) is 14.8 Å². The minimum Gasteiger partial charge on any atom is -0.321 e. The summed E-state index contributed by atoms with van der Waals surface area (Å²) in [5.74, 6) is -0.545. The van der Waals surface area contributed by atoms with Crippen LogP contribution in [-0.2, 0) is 12.7 Å². The maximum absolute atomic E-state index is 13.8. The highest BCUT2D eigenvalue weighted by molar-refractivity contribution is 6.11. The number of piperazine rings is 1. The molecule has 1 aliphatic heterocycles. The van der Waals surface area contributed by atoms with Gasteiger partial charge in [-0.3, -0.25) is 14.7 Å². The molecule has 0 radical (unpaired) electrons. The normalized spacial score (nSPS) is 15.9. The summed E-state index contributed by atoms with van der Waals surface area (Å²) in [5, 5.41) is 4.06. The molecule has 1 aliphatic rings. The van der Waals surface area contributed by atoms with Crippen molar-refractivity contribution in [3.8, 4) is 0 Å². The van der Waals surface area contributed by atoms with Gasteiger partial charge in [0.2, 0.25) is 0 Å². The first kappa shape index (κ1) is 21.3. The molecular weight excluding hydrogens is 405 g/mol. The quantitative estimate of drug-likeness (QED) is 0.675. The van der Waals surface area contributed by atoms with E-state index < -0.39 is 17.6 Å². The molecule has 0 bridgehead atoms. The van der Waals surface area contributed by atoms with E-state index >= 15 is 0 Å². The molecule has 2 aromatic carbocycles. The monoisotopic (exact) mass is 428 g/mol. The standard InChI is InChI=1S/C23H23F3N4O/c1-29-10-12-30(13-11-29)15-17-6-7-18(14-20(17)23(24,25)26)28-22(31)21-19-5-3-2-4-16(19)8-9-27-21/h2-9,14H,10-13,15H2,1H3,(H,28,31). The number of carbonyl (C=O) groups is 1. The fraction of sp³-hybridized carbons (Fsp3) is 0.304. The molecular formula is C23H23F3N4O. The summed E-state index contributed by atoms with van der Waals surface area (Å²) in [6.45, 7) is 3.32. The summed E-state index contributed by atoms with van der Waals surface area (Å²) in [6, 6.07) is 13.0. The number of hydrogen-bond acceptors (Lipinski definition) is 4. The van der Waals surface area contributed by atoms with E-state index in [4.69, 9.17) is 0 Å². The smallest absolute Gasteiger partial charge is 0.321 e. The van der Waals surface area contributed by atoms with Gasteiger partial charge >= 0.3 is 6.18 Å². The summed E-state index contributed by atoms with van der Waals surface area (Å²) < 4.78 is 41.3. The summed E-state index contributed by atoms with van der Waals surface area (Å²) >= 11 is 0. The van der Waals surface area contributed by atoms with Gasteiger partial charge in [0.15, 0.2) is 0 Å². The van der Waals surface area contributed by atoms with Crippen molar-refractivity contribution in [2.45, 2.75) is 12.7 Å². The molecule has 1 saturated heterocycles. The van der Waals surface area contributed by atoms with E-state index in [0.29, 0.717) is 5.39 Å². The van der Waals surface area contributed by atoms with Crippen LogP contribution in [0.5, 0.6) is 0 Å². The number of carbonyl (C=O) groups excluding carboxylic acids is 1. The van der Waals surface area contributed by atoms with Crippen LogP contribution in [0.4, 0.5) is 18.9 Å². The average Bonchev–Trinajstić information content (AvgIpc) is 2.75. The molecule has 1 amide bonds. The Hall–Kier alpha value is -2.97. The van der Waals surface area contributed by atoms with Crippen LogP contribution in [0.1, 0.15) is 21.6 Å². The molecule has 0 atom stereocenters. The Morgan fingerprint density at radius 1 is 1.06 bits per heavy atom. The number of rotatable bonds is 4. The Kier molecular flexibility index (Phi) is 5.93. The van der Waals surface area contributed by atoms with Gasteiger partial charge in [-0.1, -0.05) is 30.3 Å². The predicted octanol–water partition coefficient (Wildman–Crippen LogP) is 4.25. The first-order valence-electron chi connectivity index (χ1n) is 10.1. The maximum atomic E-state index is 13.8. The molecule has 1 fully saturated rings. The molecule has 0 unspecified atom stereocenters. The summed E-state index contributed by atoms with van der Waals surface area (Å²) in [4.78, 5) is 21.1. The fourth-order valence-corrected chi connectivity index (χ4v) is 3.79. The van der Waals surface area contributed by atoms with Crippen molar-refractivity contribution < 1.29 is 18.0 Å². The lowest BCUT2D eigenvalue weighted by atomic mass is 10.0. The van der Waals surface area contributed by atoms with Crippen LogP contribution in [0.2, 0.25) is 0 Å². The topological polar surface area (TPSA) is 48.5 Å². The summed E-state index contributed by atoms with van der Waals surface area (Å²) in [6.07, 6.45) is -3.00. The lowest BCUT2D eigenvalue weighted by molar-refractivity contribution is -0.138. The van der Waals surface area contributed by atoms with E-state index in [9.17, 15) is 18.0 Å². The second-order valence-electron chi connectivity index (χ2n) is 7.78. The number of pyridine rings is 1. The van der Waals surface area contributed by atoms with Gasteiger partial charge in [-0.15, -0.1) is 0 Å². The number of nitrogens with one attached hydrogen (secondary N) is 1. The van der Waals surface area contributed by atoms with E-state index in [2.05, 4.69) is 15.2 Å². The zero-order valence-electron chi connectivity index (χ0n) is 17.1. The van der Waals surface area contributed by atoms with Gasteiger partial charge in [-0.05, 0) is 36.2 Å². The van der Waals surface area contributed by atoms with E-state index in [-0.39, 0.29) is 23.5 Å². The fourth-order valence-electron chi connectivity index (χ4n) is 3.79. The summed E-state index contributed by atoms with van der Waals surface area (Å²) in [7, 11) is 2.00. The van der Waals surface area contributed by atoms with Gasteiger partial charge in [-0.25, -0.2) is 0 Å². The molecule has 1 aromatic heterocycles. The van der Waals surface area contributed by atoms with E-state index in [0.717, 1.165) is 37.6 Å². The van der Waals surface area contributed by atoms with Crippen molar-refractivity contribution >= 4 is 22.4 Å². The first-order valence-corrected chi connectivity index (χ1v) is 10.1. The van der Waals surface area contributed by atoms with Crippen LogP contribution in [0, 0.1) is 0 Å². The third-order valence-electron chi connectivity index (χ3n) is 5.55. The van der Waals surface area contributed by atoms with Crippen molar-refractivity contribution in [2.75, 3.05) is 38.5 Å². The zero-order chi connectivity index (χ0) is 22.0. The SMILES string of the molecule is CN1CCN(Cc2ccc(NC(=O)c3nccc4ccccc34)cc2C(F)(F)F)CC1. The van der Waals surface area contributed by atoms with Crippen LogP contribution in [0.15, 0.2) is 54.7 Å². The van der Waals surface area contributed by atoms with Crippen molar-refractivity contribution in [3.05, 3.63) is 71.5 Å². The number of alkyl halides is 3. The maximum Gasteiger partial charge on any atom is 0.416 e. The molecule has 0 aliphatic carbocycles. The van der Waals surface area contributed by atoms with Crippen LogP contribution < -0.4 is 5.32 Å². The number of nitrogens with zero attached hydrogens (tertiary/aromatic N) is 3. The van der Waals surface area contributed by atoms with Crippen LogP contribution >= 0.6 is 0 Å². The highest BCUT2D eigenvalue weighted by atomic mass is 19.4. The van der Waals surface area contributed by atoms with Gasteiger partial charge < -0.3 is 10.2 Å². The van der Waals surface area contributed by atoms with Crippen LogP contribution in [0.3, 0.4) is 0 Å². The zero-order valence-corrected chi connectivity index (χ0v) is 17.1. The Morgan fingerprint density at radius 3 is 2.55 bits per heavy atom. The minimum absolute atomic E-state index is 0.0918. The van der Waals surface area contributed by atoms with E-state index in [1.54, 1.807) is 18.2 Å². The second kappa shape index (κ2) is 8.64. The van der Waals surface area contributed by atoms with Crippen LogP contribution in [0.25, 0.3) is 10.8 Å². The third kappa shape index (κ3) is 4.86. The minimum atomic E-state index is -4.51. The molecule has 0 spiro atoms. The number of benzene rings is 2. The molecule has 1 N–H and O–H groups in total. The predicted molar refractivity (Wildman–Crippen MR) is 114 cm³/mol. The van der Waals surface area contributed by atoms with Gasteiger partial charge in [0.1, 0.15) is 5.69 Å². The van der Waals surface area contributed by atoms with Gasteiger partial charge in [0.25, 0.3) is 5.91 Å². The molecule has 8 heteroatoms. The number of likely N-dealkylation sites (N-methyl/N-ethyl adjacent to an activating group) is 1. The molecule has 162 valence electrons. The van der Waals surface area contributed by atoms with Gasteiger partial charge in [0, 0.05) is 50.0 Å². The number of aromatic nitrogens is 1. The number of amides is 1. The highest BCUT2D eigenvalue weighted by Gasteiger charge is 2.34. The lowest BCUT2D eigenvalue weighted by Crippen LogP contribution is -2.44. The van der Waals surface area contributed by atoms with Crippen molar-refractivity contribution in [1.29, 1.82) is 0 Å². The number of fused-ring (bicyclic) bond motifs is 1. The first-order chi connectivity index (χ1) is 14.8. The van der Waals surface area contributed by atoms with Crippen LogP contribution in [-0.4, -0.2) is 53.9 Å². The number of halogens is 3. The molecule has 4 rings (SSSR count). The second-order valence-corrected chi connectivity index (χ2v) is 7.78. The third-order valence-corrected chi connectivity index (χ3v) is 5.55. The Labute approximate surface area is 178 Å². The number of anilines is 1. The van der Waals surface area contributed by atoms with E-state index in [1.165, 1.54) is 18.3 Å². The molecule has 2 heterocycles. The Bertz CT molecular complexity index is 1090. The van der Waals surface area contributed by atoms with Gasteiger partial charge in [0.05, 0.1) is 5.56 Å². The molecule has 5 nitrogen and oxygen atoms in total.